The molecule has 0 aromatic heterocycles. The molecule has 18 nitrogen and oxygen atoms in total. The molecule has 24 heteroatoms. The van der Waals surface area contributed by atoms with Gasteiger partial charge >= 0.3 is 42.1 Å². The van der Waals surface area contributed by atoms with Gasteiger partial charge in [0.1, 0.15) is 0 Å². The first kappa shape index (κ1) is 76.3. The number of likely N-dealkylation sites (tertiary alicyclic amines) is 2. The Morgan fingerprint density at radius 1 is 0.514 bits per heavy atom. The number of carboxylic acid groups (broad SMARTS) is 1. The zero-order chi connectivity index (χ0) is 74.1. The largest absolute Gasteiger partial charge is 0.478 e. The fourth-order valence-corrected chi connectivity index (χ4v) is 16.6. The zero-order valence-corrected chi connectivity index (χ0v) is 59.1. The van der Waals surface area contributed by atoms with Crippen molar-refractivity contribution < 1.29 is 83.9 Å². The lowest BCUT2D eigenvalue weighted by Gasteiger charge is -2.39. The van der Waals surface area contributed by atoms with Crippen LogP contribution in [-0.2, 0) is 46.4 Å². The molecule has 9 aliphatic rings. The van der Waals surface area contributed by atoms with Crippen LogP contribution in [0.25, 0.3) is 0 Å². The van der Waals surface area contributed by atoms with Crippen molar-refractivity contribution in [3.8, 4) is 0 Å². The van der Waals surface area contributed by atoms with E-state index in [4.69, 9.17) is 18.9 Å². The Bertz CT molecular complexity index is 3960. The van der Waals surface area contributed by atoms with E-state index in [2.05, 4.69) is 55.5 Å². The molecule has 3 aliphatic carbocycles. The Kier molecular flexibility index (Phi) is 24.1. The number of esters is 2. The quantitative estimate of drug-likeness (QED) is 0.0441. The number of aldehydes is 1. The molecule has 15 rings (SSSR count). The predicted molar refractivity (Wildman–Crippen MR) is 378 cm³/mol. The molecular formula is C81H92F6N6O12. The SMILES string of the molecule is COC(=O)c1ccccc1C=O.COC(=O)c1ccccc1CN1CCC2(CC1)CC(N(C(=O)C(F)(F)F)[C@@H]1C[C@H]1c1ccccc1)CO2.O=C(N(C1COC2(CCNCC2)C1)[C@@H]1C[C@H]1c1ccccc1)C(F)(F)F.O=C(O)c1ccccc1CN1CCC2(CC1)CC(N[C@@H]1C[C@H]1c1ccccc1)CO2. The number of aromatic carboxylic acids is 1. The van der Waals surface area contributed by atoms with Crippen LogP contribution in [0.5, 0.6) is 0 Å². The van der Waals surface area contributed by atoms with Crippen molar-refractivity contribution in [1.29, 1.82) is 0 Å². The molecule has 0 bridgehead atoms. The van der Waals surface area contributed by atoms with Gasteiger partial charge in [0.2, 0.25) is 0 Å². The van der Waals surface area contributed by atoms with Gasteiger partial charge in [0, 0.05) is 86.8 Å². The molecule has 6 heterocycles. The van der Waals surface area contributed by atoms with Crippen LogP contribution in [0.3, 0.4) is 0 Å². The summed E-state index contributed by atoms with van der Waals surface area (Å²) in [5.74, 6) is -4.65. The molecule has 3 N–H and O–H groups in total. The molecule has 6 aliphatic heterocycles. The molecule has 0 radical (unpaired) electrons. The zero-order valence-electron chi connectivity index (χ0n) is 59.1. The monoisotopic (exact) mass is 1450 g/mol. The third-order valence-electron chi connectivity index (χ3n) is 22.5. The van der Waals surface area contributed by atoms with E-state index in [0.29, 0.717) is 111 Å². The summed E-state index contributed by atoms with van der Waals surface area (Å²) < 4.78 is 108. The molecule has 3 unspecified atom stereocenters. The number of nitrogens with zero attached hydrogens (tertiary/aromatic N) is 4. The highest BCUT2D eigenvalue weighted by Gasteiger charge is 2.59. The minimum absolute atomic E-state index is 0.00237. The second-order valence-electron chi connectivity index (χ2n) is 29.3. The van der Waals surface area contributed by atoms with E-state index in [9.17, 15) is 60.2 Å². The minimum Gasteiger partial charge on any atom is -0.478 e. The number of alkyl halides is 6. The maximum Gasteiger partial charge on any atom is 0.471 e. The second kappa shape index (κ2) is 33.2. The normalized spacial score (nSPS) is 25.4. The summed E-state index contributed by atoms with van der Waals surface area (Å²) >= 11 is 0. The van der Waals surface area contributed by atoms with Crippen molar-refractivity contribution in [3.05, 3.63) is 214 Å². The minimum atomic E-state index is -4.92. The van der Waals surface area contributed by atoms with Crippen LogP contribution in [0.4, 0.5) is 26.3 Å². The summed E-state index contributed by atoms with van der Waals surface area (Å²) in [4.78, 5) is 76.5. The molecule has 6 aromatic carbocycles. The van der Waals surface area contributed by atoms with Gasteiger partial charge < -0.3 is 49.2 Å². The number of hydrogen-bond acceptors (Lipinski definition) is 15. The van der Waals surface area contributed by atoms with Gasteiger partial charge in [-0.1, -0.05) is 146 Å². The molecular weight excluding hydrogens is 1360 g/mol. The molecule has 3 saturated carbocycles. The highest BCUT2D eigenvalue weighted by Crippen LogP contribution is 2.52. The standard InChI is InChI=1S/C28H31F3N2O4.C25H30N2O3.C19H23F3N2O2.C9H8O3/c1-36-25(34)22-10-6-5-9-20(22)17-32-13-11-27(12-14-32)16-21(18-37-27)33(26(35)28(29,30)31)24-15-23(24)19-7-3-2-4-8-19;28-24(29)21-9-5-4-8-19(21)16-27-12-10-25(11-13-27)15-20(17-30-25)26-23-14-22(23)18-6-2-1-3-7-18;20-19(21,22)17(25)24(16-10-15(16)13-4-2-1-3-5-13)14-11-18(26-12-14)6-8-23-9-7-18;1-12-9(11)8-5-3-2-4-7(8)6-10/h2-10,21,23-24H,11-18H2,1H3;1-9,20,22-23,26H,10-17H2,(H,28,29);1-5,14-16,23H,6-12H2;2-6H,1H3/t21?,23-,24+;20?,22-,23+;14?,15-,16+;/m000./s1. The average Bonchev–Trinajstić information content (AvgIpc) is 1.55. The fourth-order valence-electron chi connectivity index (χ4n) is 16.6. The van der Waals surface area contributed by atoms with E-state index in [1.165, 1.54) is 26.2 Å². The third kappa shape index (κ3) is 18.7. The van der Waals surface area contributed by atoms with Crippen LogP contribution >= 0.6 is 0 Å². The molecule has 6 saturated heterocycles. The van der Waals surface area contributed by atoms with Gasteiger partial charge in [-0.05, 0) is 136 Å². The van der Waals surface area contributed by atoms with E-state index in [1.54, 1.807) is 48.5 Å². The predicted octanol–water partition coefficient (Wildman–Crippen LogP) is 12.3. The molecule has 560 valence electrons. The van der Waals surface area contributed by atoms with Gasteiger partial charge in [-0.15, -0.1) is 0 Å². The van der Waals surface area contributed by atoms with E-state index >= 15 is 0 Å². The van der Waals surface area contributed by atoms with E-state index < -0.39 is 65.9 Å². The lowest BCUT2D eigenvalue weighted by atomic mass is 9.86. The number of amides is 2. The summed E-state index contributed by atoms with van der Waals surface area (Å²) in [5.41, 5.74) is 5.84. The first-order valence-corrected chi connectivity index (χ1v) is 36.4. The first-order chi connectivity index (χ1) is 50.5. The number of halogens is 6. The van der Waals surface area contributed by atoms with Crippen molar-refractivity contribution in [3.63, 3.8) is 0 Å². The summed E-state index contributed by atoms with van der Waals surface area (Å²) in [6.45, 7) is 7.27. The number of rotatable bonds is 17. The Morgan fingerprint density at radius 2 is 0.905 bits per heavy atom. The van der Waals surface area contributed by atoms with Crippen molar-refractivity contribution >= 4 is 36.0 Å². The maximum atomic E-state index is 13.6. The van der Waals surface area contributed by atoms with Crippen LogP contribution < -0.4 is 10.6 Å². The van der Waals surface area contributed by atoms with Gasteiger partial charge in [0.25, 0.3) is 0 Å². The molecule has 9 atom stereocenters. The van der Waals surface area contributed by atoms with Crippen LogP contribution in [0.15, 0.2) is 164 Å². The van der Waals surface area contributed by atoms with Crippen molar-refractivity contribution in [2.24, 2.45) is 0 Å². The van der Waals surface area contributed by atoms with Crippen LogP contribution in [0.1, 0.15) is 164 Å². The number of carbonyl (C=O) groups excluding carboxylic acids is 5. The van der Waals surface area contributed by atoms with Crippen LogP contribution in [0.2, 0.25) is 0 Å². The maximum absolute atomic E-state index is 13.6. The van der Waals surface area contributed by atoms with Gasteiger partial charge in [0.15, 0.2) is 6.29 Å². The molecule has 3 spiro atoms. The summed E-state index contributed by atoms with van der Waals surface area (Å²) in [5, 5.41) is 16.5. The lowest BCUT2D eigenvalue weighted by molar-refractivity contribution is -0.188. The highest BCUT2D eigenvalue weighted by atomic mass is 19.4. The van der Waals surface area contributed by atoms with Gasteiger partial charge in [0.05, 0.1) is 79.6 Å². The summed E-state index contributed by atoms with van der Waals surface area (Å²) in [6, 6.07) is 49.9. The lowest BCUT2D eigenvalue weighted by Crippen LogP contribution is -2.50. The van der Waals surface area contributed by atoms with E-state index in [-0.39, 0.29) is 42.2 Å². The van der Waals surface area contributed by atoms with Gasteiger partial charge in [-0.2, -0.15) is 26.3 Å². The number of piperidine rings is 3. The Hall–Kier alpha value is -8.36. The molecule has 105 heavy (non-hydrogen) atoms. The number of carboxylic acids is 1. The fraction of sp³-hybridized carbons (Fsp3) is 0.481. The Morgan fingerprint density at radius 3 is 1.36 bits per heavy atom. The molecule has 6 aromatic rings. The number of benzene rings is 6. The second-order valence-corrected chi connectivity index (χ2v) is 29.3. The topological polar surface area (TPSA) is 206 Å². The number of hydrogen-bond donors (Lipinski definition) is 3. The van der Waals surface area contributed by atoms with Crippen molar-refractivity contribution in [2.75, 3.05) is 73.3 Å². The van der Waals surface area contributed by atoms with Crippen LogP contribution in [-0.4, -0.2) is 199 Å². The van der Waals surface area contributed by atoms with E-state index in [1.807, 2.05) is 84.9 Å². The number of methoxy groups -OCH3 is 2. The van der Waals surface area contributed by atoms with Crippen LogP contribution in [0, 0.1) is 0 Å². The van der Waals surface area contributed by atoms with Gasteiger partial charge in [-0.3, -0.25) is 24.2 Å². The van der Waals surface area contributed by atoms with Crippen molar-refractivity contribution in [1.82, 2.24) is 30.2 Å². The van der Waals surface area contributed by atoms with E-state index in [0.717, 1.165) is 96.9 Å². The average molecular weight is 1460 g/mol. The third-order valence-corrected chi connectivity index (χ3v) is 22.5. The molecule has 2 amide bonds. The number of nitrogens with one attached hydrogen (secondary N) is 2. The number of ether oxygens (including phenoxy) is 5. The Balaban J connectivity index is 0.000000139. The summed E-state index contributed by atoms with van der Waals surface area (Å²) in [6.07, 6.45) is 0.1000. The van der Waals surface area contributed by atoms with Crippen molar-refractivity contribution in [2.45, 2.75) is 173 Å². The van der Waals surface area contributed by atoms with Gasteiger partial charge in [-0.25, -0.2) is 14.4 Å². The Labute approximate surface area is 608 Å². The highest BCUT2D eigenvalue weighted by molar-refractivity contribution is 5.98. The summed E-state index contributed by atoms with van der Waals surface area (Å²) in [7, 11) is 2.64. The smallest absolute Gasteiger partial charge is 0.471 e. The first-order valence-electron chi connectivity index (χ1n) is 36.4. The molecule has 9 fully saturated rings. The number of carbonyl (C=O) groups is 6.